The fourth-order valence-electron chi connectivity index (χ4n) is 1.15. The molecule has 0 unspecified atom stereocenters. The molecule has 60 valence electrons. The largest absolute Gasteiger partial charge is 0.345 e. The smallest absolute Gasteiger partial charge is 0.0931 e. The maximum atomic E-state index is 4.16. The SMILES string of the molecule is CC=Nc1ccc2nc[nH]c2c1. The van der Waals surface area contributed by atoms with Gasteiger partial charge in [-0.15, -0.1) is 0 Å². The second kappa shape index (κ2) is 2.77. The Balaban J connectivity index is 2.60. The molecular formula is C9H9N3. The highest BCUT2D eigenvalue weighted by atomic mass is 14.9. The predicted molar refractivity (Wildman–Crippen MR) is 49.9 cm³/mol. The molecule has 1 aromatic carbocycles. The van der Waals surface area contributed by atoms with Gasteiger partial charge in [-0.2, -0.15) is 0 Å². The van der Waals surface area contributed by atoms with Crippen LogP contribution in [0.1, 0.15) is 6.92 Å². The predicted octanol–water partition coefficient (Wildman–Crippen LogP) is 2.29. The van der Waals surface area contributed by atoms with Crippen molar-refractivity contribution in [2.75, 3.05) is 0 Å². The number of hydrogen-bond donors (Lipinski definition) is 1. The van der Waals surface area contributed by atoms with E-state index >= 15 is 0 Å². The maximum Gasteiger partial charge on any atom is 0.0931 e. The summed E-state index contributed by atoms with van der Waals surface area (Å²) in [4.78, 5) is 11.3. The normalized spacial score (nSPS) is 11.4. The maximum absolute atomic E-state index is 4.16. The minimum absolute atomic E-state index is 0.953. The van der Waals surface area contributed by atoms with Crippen molar-refractivity contribution < 1.29 is 0 Å². The first-order valence-corrected chi connectivity index (χ1v) is 3.82. The molecule has 0 spiro atoms. The molecule has 2 aromatic rings. The van der Waals surface area contributed by atoms with Gasteiger partial charge >= 0.3 is 0 Å². The molecule has 12 heavy (non-hydrogen) atoms. The molecule has 0 amide bonds. The summed E-state index contributed by atoms with van der Waals surface area (Å²) in [5.74, 6) is 0. The summed E-state index contributed by atoms with van der Waals surface area (Å²) in [6, 6.07) is 5.87. The molecule has 2 rings (SSSR count). The monoisotopic (exact) mass is 159 g/mol. The summed E-state index contributed by atoms with van der Waals surface area (Å²) in [6.07, 6.45) is 3.46. The number of H-pyrrole nitrogens is 1. The highest BCUT2D eigenvalue weighted by Gasteiger charge is 1.94. The van der Waals surface area contributed by atoms with Crippen molar-refractivity contribution >= 4 is 22.9 Å². The van der Waals surface area contributed by atoms with Crippen LogP contribution in [0.25, 0.3) is 11.0 Å². The molecule has 0 radical (unpaired) electrons. The van der Waals surface area contributed by atoms with Crippen LogP contribution in [0, 0.1) is 0 Å². The first kappa shape index (κ1) is 7.03. The third kappa shape index (κ3) is 1.09. The lowest BCUT2D eigenvalue weighted by Crippen LogP contribution is -1.69. The zero-order valence-corrected chi connectivity index (χ0v) is 6.78. The molecular weight excluding hydrogens is 150 g/mol. The average molecular weight is 159 g/mol. The fraction of sp³-hybridized carbons (Fsp3) is 0.111. The van der Waals surface area contributed by atoms with Gasteiger partial charge in [0.05, 0.1) is 23.0 Å². The van der Waals surface area contributed by atoms with Crippen molar-refractivity contribution in [1.82, 2.24) is 9.97 Å². The first-order valence-electron chi connectivity index (χ1n) is 3.82. The van der Waals surface area contributed by atoms with Gasteiger partial charge in [-0.1, -0.05) is 0 Å². The van der Waals surface area contributed by atoms with E-state index in [0.717, 1.165) is 16.7 Å². The zero-order valence-electron chi connectivity index (χ0n) is 6.78. The Hall–Kier alpha value is -1.64. The van der Waals surface area contributed by atoms with E-state index in [1.807, 2.05) is 25.1 Å². The van der Waals surface area contributed by atoms with Gasteiger partial charge in [0, 0.05) is 6.21 Å². The summed E-state index contributed by atoms with van der Waals surface area (Å²) in [5.41, 5.74) is 2.96. The molecule has 0 bridgehead atoms. The van der Waals surface area contributed by atoms with Crippen LogP contribution in [-0.2, 0) is 0 Å². The lowest BCUT2D eigenvalue weighted by molar-refractivity contribution is 1.34. The van der Waals surface area contributed by atoms with Gasteiger partial charge in [0.2, 0.25) is 0 Å². The average Bonchev–Trinajstić information content (AvgIpc) is 2.51. The molecule has 1 aromatic heterocycles. The van der Waals surface area contributed by atoms with E-state index in [-0.39, 0.29) is 0 Å². The minimum Gasteiger partial charge on any atom is -0.345 e. The van der Waals surface area contributed by atoms with Crippen LogP contribution in [0.2, 0.25) is 0 Å². The van der Waals surface area contributed by atoms with Crippen molar-refractivity contribution in [2.24, 2.45) is 4.99 Å². The van der Waals surface area contributed by atoms with E-state index in [9.17, 15) is 0 Å². The third-order valence-electron chi connectivity index (χ3n) is 1.68. The van der Waals surface area contributed by atoms with Gasteiger partial charge in [0.15, 0.2) is 0 Å². The number of benzene rings is 1. The number of aromatic nitrogens is 2. The zero-order chi connectivity index (χ0) is 8.39. The van der Waals surface area contributed by atoms with Gasteiger partial charge in [-0.25, -0.2) is 4.98 Å². The summed E-state index contributed by atoms with van der Waals surface area (Å²) in [7, 11) is 0. The summed E-state index contributed by atoms with van der Waals surface area (Å²) >= 11 is 0. The fourth-order valence-corrected chi connectivity index (χ4v) is 1.15. The molecule has 0 aliphatic carbocycles. The van der Waals surface area contributed by atoms with E-state index < -0.39 is 0 Å². The van der Waals surface area contributed by atoms with E-state index in [0.29, 0.717) is 0 Å². The molecule has 3 nitrogen and oxygen atoms in total. The van der Waals surface area contributed by atoms with Crippen LogP contribution >= 0.6 is 0 Å². The third-order valence-corrected chi connectivity index (χ3v) is 1.68. The number of nitrogens with one attached hydrogen (secondary N) is 1. The standard InChI is InChI=1S/C9H9N3/c1-2-10-7-3-4-8-9(5-7)12-6-11-8/h2-6H,1H3,(H,11,12). The molecule has 3 heteroatoms. The van der Waals surface area contributed by atoms with E-state index in [1.54, 1.807) is 12.5 Å². The Kier molecular flexibility index (Phi) is 1.63. The Morgan fingerprint density at radius 2 is 2.42 bits per heavy atom. The summed E-state index contributed by atoms with van der Waals surface area (Å²) in [6.45, 7) is 1.90. The number of aromatic amines is 1. The Labute approximate surface area is 70.2 Å². The number of aliphatic imine (C=N–C) groups is 1. The number of hydrogen-bond acceptors (Lipinski definition) is 2. The first-order chi connectivity index (χ1) is 5.90. The van der Waals surface area contributed by atoms with Crippen molar-refractivity contribution in [3.63, 3.8) is 0 Å². The van der Waals surface area contributed by atoms with Crippen molar-refractivity contribution in [3.8, 4) is 0 Å². The molecule has 0 saturated carbocycles. The van der Waals surface area contributed by atoms with Gasteiger partial charge in [0.1, 0.15) is 0 Å². The molecule has 1 heterocycles. The van der Waals surface area contributed by atoms with Crippen LogP contribution in [0.4, 0.5) is 5.69 Å². The Bertz CT molecular complexity index is 414. The molecule has 0 atom stereocenters. The summed E-state index contributed by atoms with van der Waals surface area (Å²) < 4.78 is 0. The van der Waals surface area contributed by atoms with Gasteiger partial charge in [-0.3, -0.25) is 4.99 Å². The number of nitrogens with zero attached hydrogens (tertiary/aromatic N) is 2. The molecule has 0 aliphatic heterocycles. The van der Waals surface area contributed by atoms with E-state index in [4.69, 9.17) is 0 Å². The van der Waals surface area contributed by atoms with Crippen molar-refractivity contribution in [1.29, 1.82) is 0 Å². The highest BCUT2D eigenvalue weighted by Crippen LogP contribution is 2.17. The van der Waals surface area contributed by atoms with Gasteiger partial charge < -0.3 is 4.98 Å². The minimum atomic E-state index is 0.953. The van der Waals surface area contributed by atoms with E-state index in [2.05, 4.69) is 15.0 Å². The highest BCUT2D eigenvalue weighted by molar-refractivity contribution is 5.78. The van der Waals surface area contributed by atoms with Gasteiger partial charge in [-0.05, 0) is 25.1 Å². The lowest BCUT2D eigenvalue weighted by atomic mass is 10.3. The van der Waals surface area contributed by atoms with Crippen LogP contribution in [-0.4, -0.2) is 16.2 Å². The second-order valence-corrected chi connectivity index (χ2v) is 2.49. The number of rotatable bonds is 1. The second-order valence-electron chi connectivity index (χ2n) is 2.49. The molecule has 0 fully saturated rings. The van der Waals surface area contributed by atoms with Crippen molar-refractivity contribution in [3.05, 3.63) is 24.5 Å². The number of imidazole rings is 1. The lowest BCUT2D eigenvalue weighted by Gasteiger charge is -1.91. The summed E-state index contributed by atoms with van der Waals surface area (Å²) in [5, 5.41) is 0. The topological polar surface area (TPSA) is 41.0 Å². The molecule has 0 saturated heterocycles. The van der Waals surface area contributed by atoms with E-state index in [1.165, 1.54) is 0 Å². The molecule has 0 aliphatic rings. The van der Waals surface area contributed by atoms with Crippen molar-refractivity contribution in [2.45, 2.75) is 6.92 Å². The van der Waals surface area contributed by atoms with Crippen LogP contribution in [0.5, 0.6) is 0 Å². The van der Waals surface area contributed by atoms with Gasteiger partial charge in [0.25, 0.3) is 0 Å². The Morgan fingerprint density at radius 3 is 3.25 bits per heavy atom. The Morgan fingerprint density at radius 1 is 1.50 bits per heavy atom. The number of fused-ring (bicyclic) bond motifs is 1. The quantitative estimate of drug-likeness (QED) is 0.637. The van der Waals surface area contributed by atoms with Crippen LogP contribution in [0.15, 0.2) is 29.5 Å². The van der Waals surface area contributed by atoms with Crippen LogP contribution in [0.3, 0.4) is 0 Å². The molecule has 1 N–H and O–H groups in total. The van der Waals surface area contributed by atoms with Crippen LogP contribution < -0.4 is 0 Å².